The number of phosphoric ester groups is 1. The molecule has 9 nitrogen and oxygen atoms in total. The van der Waals surface area contributed by atoms with Gasteiger partial charge in [-0.15, -0.1) is 0 Å². The Morgan fingerprint density at radius 1 is 0.654 bits per heavy atom. The van der Waals surface area contributed by atoms with E-state index in [2.05, 4.69) is 43.5 Å². The topological polar surface area (TPSA) is 151 Å². The monoisotopic (exact) mass is 757 g/mol. The van der Waals surface area contributed by atoms with Crippen LogP contribution in [0, 0.1) is 0 Å². The summed E-state index contributed by atoms with van der Waals surface area (Å²) in [6, 6.07) is -1.000. The summed E-state index contributed by atoms with van der Waals surface area (Å²) < 4.78 is 22.0. The van der Waals surface area contributed by atoms with Gasteiger partial charge in [-0.25, -0.2) is 4.57 Å². The van der Waals surface area contributed by atoms with Crippen LogP contribution in [0.15, 0.2) is 36.5 Å². The van der Waals surface area contributed by atoms with Crippen molar-refractivity contribution in [3.8, 4) is 0 Å². The molecule has 0 saturated heterocycles. The molecule has 0 aliphatic heterocycles. The maximum Gasteiger partial charge on any atom is 0.472 e. The molecule has 52 heavy (non-hydrogen) atoms. The number of rotatable bonds is 39. The number of nitrogens with one attached hydrogen (secondary N) is 1. The number of carbonyl (C=O) groups is 1. The molecule has 0 saturated carbocycles. The third kappa shape index (κ3) is 35.7. The molecule has 0 aliphatic carbocycles. The van der Waals surface area contributed by atoms with Gasteiger partial charge in [-0.1, -0.05) is 159 Å². The lowest BCUT2D eigenvalue weighted by atomic mass is 10.0. The molecule has 0 aromatic rings. The van der Waals surface area contributed by atoms with Gasteiger partial charge in [-0.3, -0.25) is 13.8 Å². The summed E-state index contributed by atoms with van der Waals surface area (Å²) in [5.41, 5.74) is 5.35. The van der Waals surface area contributed by atoms with Crippen LogP contribution in [-0.2, 0) is 18.4 Å². The molecule has 10 heteroatoms. The van der Waals surface area contributed by atoms with E-state index in [1.54, 1.807) is 6.08 Å². The first-order chi connectivity index (χ1) is 25.3. The summed E-state index contributed by atoms with van der Waals surface area (Å²) in [6.45, 7) is 3.93. The van der Waals surface area contributed by atoms with Crippen LogP contribution in [0.25, 0.3) is 0 Å². The number of amides is 1. The number of aliphatic hydroxyl groups excluding tert-OH is 2. The summed E-state index contributed by atoms with van der Waals surface area (Å²) in [4.78, 5) is 22.7. The van der Waals surface area contributed by atoms with Crippen LogP contribution >= 0.6 is 7.82 Å². The van der Waals surface area contributed by atoms with Gasteiger partial charge in [0.1, 0.15) is 0 Å². The molecule has 306 valence electrons. The molecule has 4 atom stereocenters. The SMILES string of the molecule is CCCCCCCCC/C=C/CC/C=C/C(O)C(COP(=O)(O)OCCN)NC(=O)CC(O)CCCCCCC/C=C\CCCCCCCCCC. The Kier molecular flexibility index (Phi) is 37.0. The van der Waals surface area contributed by atoms with Gasteiger partial charge in [0, 0.05) is 6.54 Å². The number of unbranched alkanes of at least 4 members (excludes halogenated alkanes) is 21. The standard InChI is InChI=1S/C42H81N2O7P/c1-3-5-7-9-11-13-15-17-18-19-20-22-23-25-27-29-31-33-39(45)37-42(47)44-40(38-51-52(48,49)50-36-35-43)41(46)34-32-30-28-26-24-21-16-14-12-10-8-6-4-2/h19-20,24,26,32,34,39-41,45-46H,3-18,21-23,25,27-31,33,35-38,43H2,1-2H3,(H,44,47)(H,48,49)/b20-19-,26-24+,34-32+. The van der Waals surface area contributed by atoms with Crippen molar-refractivity contribution in [2.75, 3.05) is 19.8 Å². The molecular formula is C42H81N2O7P. The lowest BCUT2D eigenvalue weighted by Gasteiger charge is -2.24. The molecule has 0 aromatic heterocycles. The average Bonchev–Trinajstić information content (AvgIpc) is 3.12. The second-order valence-corrected chi connectivity index (χ2v) is 15.8. The Bertz CT molecular complexity index is 930. The molecule has 0 bridgehead atoms. The first-order valence-electron chi connectivity index (χ1n) is 21.2. The third-order valence-corrected chi connectivity index (χ3v) is 10.2. The van der Waals surface area contributed by atoms with Crippen molar-refractivity contribution in [3.63, 3.8) is 0 Å². The van der Waals surface area contributed by atoms with Gasteiger partial charge in [0.15, 0.2) is 0 Å². The minimum atomic E-state index is -4.40. The first kappa shape index (κ1) is 50.7. The Balaban J connectivity index is 4.37. The number of phosphoric acid groups is 1. The molecule has 6 N–H and O–H groups in total. The van der Waals surface area contributed by atoms with Crippen LogP contribution in [0.4, 0.5) is 0 Å². The maximum absolute atomic E-state index is 12.8. The van der Waals surface area contributed by atoms with E-state index in [4.69, 9.17) is 14.8 Å². The van der Waals surface area contributed by atoms with Crippen molar-refractivity contribution in [1.29, 1.82) is 0 Å². The first-order valence-corrected chi connectivity index (χ1v) is 22.7. The highest BCUT2D eigenvalue weighted by Crippen LogP contribution is 2.43. The summed E-state index contributed by atoms with van der Waals surface area (Å²) >= 11 is 0. The maximum atomic E-state index is 12.8. The van der Waals surface area contributed by atoms with Crippen molar-refractivity contribution in [2.45, 2.75) is 205 Å². The highest BCUT2D eigenvalue weighted by atomic mass is 31.2. The number of hydrogen-bond donors (Lipinski definition) is 5. The zero-order valence-electron chi connectivity index (χ0n) is 33.4. The number of carbonyl (C=O) groups excluding carboxylic acids is 1. The molecule has 0 fully saturated rings. The van der Waals surface area contributed by atoms with Gasteiger partial charge in [0.05, 0.1) is 37.9 Å². The van der Waals surface area contributed by atoms with E-state index in [0.717, 1.165) is 44.9 Å². The molecule has 0 heterocycles. The van der Waals surface area contributed by atoms with E-state index in [9.17, 15) is 24.5 Å². The van der Waals surface area contributed by atoms with E-state index in [0.29, 0.717) is 12.8 Å². The van der Waals surface area contributed by atoms with Crippen LogP contribution in [-0.4, -0.2) is 59.0 Å². The third-order valence-electron chi connectivity index (χ3n) is 9.24. The molecule has 0 aromatic carbocycles. The van der Waals surface area contributed by atoms with Gasteiger partial charge >= 0.3 is 7.82 Å². The number of hydrogen-bond acceptors (Lipinski definition) is 7. The van der Waals surface area contributed by atoms with Gasteiger partial charge < -0.3 is 26.2 Å². The van der Waals surface area contributed by atoms with Gasteiger partial charge in [0.2, 0.25) is 5.91 Å². The molecule has 0 radical (unpaired) electrons. The molecule has 0 spiro atoms. The number of aliphatic hydroxyl groups is 2. The summed E-state index contributed by atoms with van der Waals surface area (Å²) in [7, 11) is -4.40. The van der Waals surface area contributed by atoms with Crippen molar-refractivity contribution in [2.24, 2.45) is 5.73 Å². The molecule has 0 aliphatic rings. The zero-order valence-corrected chi connectivity index (χ0v) is 34.3. The van der Waals surface area contributed by atoms with Crippen LogP contribution < -0.4 is 11.1 Å². The van der Waals surface area contributed by atoms with Crippen LogP contribution in [0.1, 0.15) is 187 Å². The number of nitrogens with two attached hydrogens (primary N) is 1. The van der Waals surface area contributed by atoms with E-state index in [1.165, 1.54) is 109 Å². The quantitative estimate of drug-likeness (QED) is 0.0236. The van der Waals surface area contributed by atoms with Crippen LogP contribution in [0.5, 0.6) is 0 Å². The summed E-state index contributed by atoms with van der Waals surface area (Å²) in [5.74, 6) is -0.462. The largest absolute Gasteiger partial charge is 0.472 e. The fraction of sp³-hybridized carbons (Fsp3) is 0.833. The Hall–Kier alpha value is -1.32. The van der Waals surface area contributed by atoms with E-state index in [-0.39, 0.29) is 19.6 Å². The van der Waals surface area contributed by atoms with Crippen molar-refractivity contribution >= 4 is 13.7 Å². The van der Waals surface area contributed by atoms with Crippen LogP contribution in [0.3, 0.4) is 0 Å². The second kappa shape index (κ2) is 38.0. The normalized spacial score (nSPS) is 15.1. The predicted octanol–water partition coefficient (Wildman–Crippen LogP) is 10.5. The minimum absolute atomic E-state index is 0.0433. The van der Waals surface area contributed by atoms with Gasteiger partial charge in [-0.2, -0.15) is 0 Å². The van der Waals surface area contributed by atoms with Gasteiger partial charge in [0.25, 0.3) is 0 Å². The van der Waals surface area contributed by atoms with E-state index < -0.39 is 38.6 Å². The highest BCUT2D eigenvalue weighted by Gasteiger charge is 2.27. The average molecular weight is 757 g/mol. The van der Waals surface area contributed by atoms with Crippen molar-refractivity contribution < 1.29 is 33.5 Å². The minimum Gasteiger partial charge on any atom is -0.393 e. The summed E-state index contributed by atoms with van der Waals surface area (Å²) in [6.07, 6.45) is 40.9. The van der Waals surface area contributed by atoms with Crippen LogP contribution in [0.2, 0.25) is 0 Å². The van der Waals surface area contributed by atoms with E-state index in [1.807, 2.05) is 6.08 Å². The molecule has 1 amide bonds. The smallest absolute Gasteiger partial charge is 0.393 e. The van der Waals surface area contributed by atoms with Crippen molar-refractivity contribution in [3.05, 3.63) is 36.5 Å². The second-order valence-electron chi connectivity index (χ2n) is 14.4. The Morgan fingerprint density at radius 2 is 1.10 bits per heavy atom. The summed E-state index contributed by atoms with van der Waals surface area (Å²) in [5, 5.41) is 24.0. The fourth-order valence-corrected chi connectivity index (χ4v) is 6.77. The van der Waals surface area contributed by atoms with Crippen molar-refractivity contribution in [1.82, 2.24) is 5.32 Å². The lowest BCUT2D eigenvalue weighted by Crippen LogP contribution is -2.46. The Labute approximate surface area is 319 Å². The highest BCUT2D eigenvalue weighted by molar-refractivity contribution is 7.47. The fourth-order valence-electron chi connectivity index (χ4n) is 6.01. The molecular weight excluding hydrogens is 675 g/mol. The predicted molar refractivity (Wildman–Crippen MR) is 218 cm³/mol. The van der Waals surface area contributed by atoms with Gasteiger partial charge in [-0.05, 0) is 57.8 Å². The Morgan fingerprint density at radius 3 is 1.60 bits per heavy atom. The zero-order chi connectivity index (χ0) is 38.4. The molecule has 0 rings (SSSR count). The number of allylic oxidation sites excluding steroid dienone is 5. The van der Waals surface area contributed by atoms with E-state index >= 15 is 0 Å². The molecule has 4 unspecified atom stereocenters. The lowest BCUT2D eigenvalue weighted by molar-refractivity contribution is -0.124.